The minimum atomic E-state index is 0.337. The molecule has 1 N–H and O–H groups in total. The highest BCUT2D eigenvalue weighted by atomic mass is 32.2. The van der Waals surface area contributed by atoms with E-state index < -0.39 is 0 Å². The molecule has 0 saturated carbocycles. The molecule has 0 saturated heterocycles. The third kappa shape index (κ3) is 5.30. The van der Waals surface area contributed by atoms with Crippen LogP contribution in [0.15, 0.2) is 30.3 Å². The molecule has 0 aliphatic carbocycles. The van der Waals surface area contributed by atoms with Crippen molar-refractivity contribution >= 4 is 11.8 Å². The molecule has 0 aliphatic rings. The van der Waals surface area contributed by atoms with E-state index in [-0.39, 0.29) is 0 Å². The van der Waals surface area contributed by atoms with Crippen molar-refractivity contribution in [3.8, 4) is 0 Å². The van der Waals surface area contributed by atoms with Gasteiger partial charge < -0.3 is 5.11 Å². The molecule has 0 fully saturated rings. The number of thioether (sulfide) groups is 1. The lowest BCUT2D eigenvalue weighted by Gasteiger charge is -2.01. The van der Waals surface area contributed by atoms with Crippen LogP contribution in [0.25, 0.3) is 0 Å². The monoisotopic (exact) mass is 210 g/mol. The fourth-order valence-electron chi connectivity index (χ4n) is 1.26. The third-order valence-corrected chi connectivity index (χ3v) is 3.17. The van der Waals surface area contributed by atoms with E-state index in [2.05, 4.69) is 30.3 Å². The molecule has 1 rings (SSSR count). The second kappa shape index (κ2) is 7.89. The number of benzene rings is 1. The number of hydrogen-bond acceptors (Lipinski definition) is 2. The zero-order valence-electron chi connectivity index (χ0n) is 8.48. The van der Waals surface area contributed by atoms with Gasteiger partial charge in [0, 0.05) is 12.4 Å². The van der Waals surface area contributed by atoms with Crippen LogP contribution in [0, 0.1) is 0 Å². The zero-order chi connectivity index (χ0) is 10.1. The van der Waals surface area contributed by atoms with Crippen molar-refractivity contribution in [2.45, 2.75) is 25.0 Å². The van der Waals surface area contributed by atoms with Crippen LogP contribution in [-0.2, 0) is 5.75 Å². The van der Waals surface area contributed by atoms with Crippen LogP contribution in [-0.4, -0.2) is 17.5 Å². The van der Waals surface area contributed by atoms with Gasteiger partial charge in [-0.25, -0.2) is 0 Å². The first-order valence-electron chi connectivity index (χ1n) is 5.16. The Balaban J connectivity index is 1.99. The van der Waals surface area contributed by atoms with Crippen molar-refractivity contribution in [1.29, 1.82) is 0 Å². The van der Waals surface area contributed by atoms with Gasteiger partial charge in [0.2, 0.25) is 0 Å². The number of aliphatic hydroxyl groups excluding tert-OH is 1. The van der Waals surface area contributed by atoms with Crippen molar-refractivity contribution in [2.75, 3.05) is 12.4 Å². The second-order valence-electron chi connectivity index (χ2n) is 3.32. The molecule has 0 amide bonds. The lowest BCUT2D eigenvalue weighted by Crippen LogP contribution is -1.86. The molecule has 1 nitrogen and oxygen atoms in total. The largest absolute Gasteiger partial charge is 0.396 e. The summed E-state index contributed by atoms with van der Waals surface area (Å²) in [5, 5.41) is 8.59. The van der Waals surface area contributed by atoms with E-state index >= 15 is 0 Å². The number of hydrogen-bond donors (Lipinski definition) is 1. The maximum absolute atomic E-state index is 8.59. The topological polar surface area (TPSA) is 20.2 Å². The Morgan fingerprint density at radius 1 is 1.00 bits per heavy atom. The maximum Gasteiger partial charge on any atom is 0.0431 e. The summed E-state index contributed by atoms with van der Waals surface area (Å²) in [5.41, 5.74) is 1.40. The Hall–Kier alpha value is -0.470. The molecule has 0 aliphatic heterocycles. The SMILES string of the molecule is OCCCCCSCc1ccccc1. The molecule has 0 aromatic heterocycles. The summed E-state index contributed by atoms with van der Waals surface area (Å²) in [5.74, 6) is 2.31. The van der Waals surface area contributed by atoms with Crippen LogP contribution in [0.1, 0.15) is 24.8 Å². The molecule has 1 aromatic carbocycles. The average molecular weight is 210 g/mol. The normalized spacial score (nSPS) is 10.4. The summed E-state index contributed by atoms with van der Waals surface area (Å²) in [6, 6.07) is 10.6. The van der Waals surface area contributed by atoms with Crippen LogP contribution in [0.2, 0.25) is 0 Å². The van der Waals surface area contributed by atoms with Crippen molar-refractivity contribution in [3.05, 3.63) is 35.9 Å². The van der Waals surface area contributed by atoms with Crippen LogP contribution < -0.4 is 0 Å². The molecule has 0 bridgehead atoms. The summed E-state index contributed by atoms with van der Waals surface area (Å²) in [6.07, 6.45) is 3.32. The van der Waals surface area contributed by atoms with Crippen LogP contribution >= 0.6 is 11.8 Å². The summed E-state index contributed by atoms with van der Waals surface area (Å²) >= 11 is 1.98. The smallest absolute Gasteiger partial charge is 0.0431 e. The number of aliphatic hydroxyl groups is 1. The maximum atomic E-state index is 8.59. The zero-order valence-corrected chi connectivity index (χ0v) is 9.30. The van der Waals surface area contributed by atoms with Crippen molar-refractivity contribution in [3.63, 3.8) is 0 Å². The first-order valence-corrected chi connectivity index (χ1v) is 6.31. The van der Waals surface area contributed by atoms with Crippen LogP contribution in [0.3, 0.4) is 0 Å². The molecule has 78 valence electrons. The fraction of sp³-hybridized carbons (Fsp3) is 0.500. The van der Waals surface area contributed by atoms with Crippen molar-refractivity contribution < 1.29 is 5.11 Å². The minimum absolute atomic E-state index is 0.337. The minimum Gasteiger partial charge on any atom is -0.396 e. The van der Waals surface area contributed by atoms with Gasteiger partial charge in [-0.15, -0.1) is 0 Å². The van der Waals surface area contributed by atoms with Gasteiger partial charge in [0.05, 0.1) is 0 Å². The van der Waals surface area contributed by atoms with E-state index in [0.717, 1.165) is 18.6 Å². The Labute approximate surface area is 90.5 Å². The van der Waals surface area contributed by atoms with E-state index in [4.69, 9.17) is 5.11 Å². The van der Waals surface area contributed by atoms with Crippen molar-refractivity contribution in [1.82, 2.24) is 0 Å². The predicted octanol–water partition coefficient (Wildman–Crippen LogP) is 3.08. The van der Waals surface area contributed by atoms with E-state index in [1.54, 1.807) is 0 Å². The molecule has 0 heterocycles. The Bertz CT molecular complexity index is 223. The lowest BCUT2D eigenvalue weighted by atomic mass is 10.2. The summed E-state index contributed by atoms with van der Waals surface area (Å²) < 4.78 is 0. The Morgan fingerprint density at radius 2 is 1.79 bits per heavy atom. The van der Waals surface area contributed by atoms with Gasteiger partial charge >= 0.3 is 0 Å². The molecular weight excluding hydrogens is 192 g/mol. The molecule has 0 atom stereocenters. The first-order chi connectivity index (χ1) is 6.93. The Kier molecular flexibility index (Phi) is 6.54. The highest BCUT2D eigenvalue weighted by Gasteiger charge is 1.92. The van der Waals surface area contributed by atoms with E-state index in [1.165, 1.54) is 17.7 Å². The number of rotatable bonds is 7. The fourth-order valence-corrected chi connectivity index (χ4v) is 2.24. The van der Waals surface area contributed by atoms with E-state index in [9.17, 15) is 0 Å². The van der Waals surface area contributed by atoms with Gasteiger partial charge in [0.25, 0.3) is 0 Å². The highest BCUT2D eigenvalue weighted by molar-refractivity contribution is 7.98. The average Bonchev–Trinajstić information content (AvgIpc) is 2.25. The van der Waals surface area contributed by atoms with Crippen LogP contribution in [0.4, 0.5) is 0 Å². The second-order valence-corrected chi connectivity index (χ2v) is 4.43. The molecule has 0 unspecified atom stereocenters. The van der Waals surface area contributed by atoms with Gasteiger partial charge in [0.15, 0.2) is 0 Å². The van der Waals surface area contributed by atoms with Gasteiger partial charge in [0.1, 0.15) is 0 Å². The van der Waals surface area contributed by atoms with Gasteiger partial charge in [-0.1, -0.05) is 36.8 Å². The standard InChI is InChI=1S/C12H18OS/c13-9-5-2-6-10-14-11-12-7-3-1-4-8-12/h1,3-4,7-8,13H,2,5-6,9-11H2. The summed E-state index contributed by atoms with van der Waals surface area (Å²) in [4.78, 5) is 0. The third-order valence-electron chi connectivity index (χ3n) is 2.06. The lowest BCUT2D eigenvalue weighted by molar-refractivity contribution is 0.284. The van der Waals surface area contributed by atoms with Crippen LogP contribution in [0.5, 0.6) is 0 Å². The molecule has 1 aromatic rings. The first kappa shape index (κ1) is 11.6. The number of unbranched alkanes of at least 4 members (excludes halogenated alkanes) is 2. The highest BCUT2D eigenvalue weighted by Crippen LogP contribution is 2.13. The quantitative estimate of drug-likeness (QED) is 0.698. The van der Waals surface area contributed by atoms with E-state index in [0.29, 0.717) is 6.61 Å². The molecule has 0 radical (unpaired) electrons. The van der Waals surface area contributed by atoms with Gasteiger partial charge in [-0.3, -0.25) is 0 Å². The predicted molar refractivity (Wildman–Crippen MR) is 63.5 cm³/mol. The molecule has 2 heteroatoms. The van der Waals surface area contributed by atoms with Gasteiger partial charge in [-0.05, 0) is 24.2 Å². The van der Waals surface area contributed by atoms with Gasteiger partial charge in [-0.2, -0.15) is 11.8 Å². The van der Waals surface area contributed by atoms with Crippen molar-refractivity contribution in [2.24, 2.45) is 0 Å². The van der Waals surface area contributed by atoms with E-state index in [1.807, 2.05) is 11.8 Å². The summed E-state index contributed by atoms with van der Waals surface area (Å²) in [7, 11) is 0. The summed E-state index contributed by atoms with van der Waals surface area (Å²) in [6.45, 7) is 0.337. The molecular formula is C12H18OS. The molecule has 0 spiro atoms. The Morgan fingerprint density at radius 3 is 2.50 bits per heavy atom. The molecule has 14 heavy (non-hydrogen) atoms.